The molecular weight excluding hydrogens is 320 g/mol. The molecule has 6 nitrogen and oxygen atoms in total. The Morgan fingerprint density at radius 3 is 2.72 bits per heavy atom. The van der Waals surface area contributed by atoms with Gasteiger partial charge in [-0.1, -0.05) is 11.2 Å². The highest BCUT2D eigenvalue weighted by molar-refractivity contribution is 5.76. The molecule has 134 valence electrons. The minimum Gasteiger partial charge on any atom is -0.490 e. The number of hydrogen-bond acceptors (Lipinski definition) is 5. The number of ether oxygens (including phenoxy) is 2. The van der Waals surface area contributed by atoms with E-state index in [0.717, 1.165) is 40.5 Å². The molecule has 1 N–H and O–H groups in total. The summed E-state index contributed by atoms with van der Waals surface area (Å²) in [5, 5.41) is 6.95. The highest BCUT2D eigenvalue weighted by Gasteiger charge is 2.16. The summed E-state index contributed by atoms with van der Waals surface area (Å²) in [5.74, 6) is 2.28. The maximum atomic E-state index is 12.3. The number of fused-ring (bicyclic) bond motifs is 1. The first-order valence-electron chi connectivity index (χ1n) is 8.65. The van der Waals surface area contributed by atoms with Crippen molar-refractivity contribution in [2.75, 3.05) is 13.2 Å². The smallest absolute Gasteiger partial charge is 0.220 e. The second-order valence-electron chi connectivity index (χ2n) is 6.35. The number of hydrogen-bond donors (Lipinski definition) is 1. The SMILES string of the molecule is Cc1noc(C)c1CCC(=O)N[C@H](C)c1ccc2c(c1)OCCCO2. The van der Waals surface area contributed by atoms with Crippen LogP contribution in [-0.2, 0) is 11.2 Å². The first kappa shape index (κ1) is 17.3. The van der Waals surface area contributed by atoms with Gasteiger partial charge in [-0.2, -0.15) is 0 Å². The van der Waals surface area contributed by atoms with E-state index in [1.165, 1.54) is 0 Å². The molecule has 1 aromatic carbocycles. The molecule has 2 aromatic rings. The lowest BCUT2D eigenvalue weighted by atomic mass is 10.1. The van der Waals surface area contributed by atoms with Gasteiger partial charge in [0.15, 0.2) is 11.5 Å². The third kappa shape index (κ3) is 4.13. The maximum absolute atomic E-state index is 12.3. The van der Waals surface area contributed by atoms with Crippen molar-refractivity contribution >= 4 is 5.91 Å². The van der Waals surface area contributed by atoms with E-state index < -0.39 is 0 Å². The summed E-state index contributed by atoms with van der Waals surface area (Å²) in [5.41, 5.74) is 2.86. The van der Waals surface area contributed by atoms with Gasteiger partial charge in [0.25, 0.3) is 0 Å². The molecule has 0 spiro atoms. The monoisotopic (exact) mass is 344 g/mol. The summed E-state index contributed by atoms with van der Waals surface area (Å²) in [7, 11) is 0. The largest absolute Gasteiger partial charge is 0.490 e. The molecule has 0 unspecified atom stereocenters. The summed E-state index contributed by atoms with van der Waals surface area (Å²) in [6.07, 6.45) is 1.90. The molecule has 1 aliphatic rings. The number of carbonyl (C=O) groups excluding carboxylic acids is 1. The van der Waals surface area contributed by atoms with Crippen LogP contribution < -0.4 is 14.8 Å². The van der Waals surface area contributed by atoms with Gasteiger partial charge >= 0.3 is 0 Å². The molecule has 6 heteroatoms. The highest BCUT2D eigenvalue weighted by Crippen LogP contribution is 2.32. The van der Waals surface area contributed by atoms with Crippen molar-refractivity contribution in [1.29, 1.82) is 0 Å². The fraction of sp³-hybridized carbons (Fsp3) is 0.474. The van der Waals surface area contributed by atoms with Gasteiger partial charge in [-0.3, -0.25) is 4.79 Å². The minimum atomic E-state index is -0.102. The second kappa shape index (κ2) is 7.59. The van der Waals surface area contributed by atoms with Crippen molar-refractivity contribution in [3.05, 3.63) is 40.8 Å². The van der Waals surface area contributed by atoms with Crippen LogP contribution in [0.3, 0.4) is 0 Å². The van der Waals surface area contributed by atoms with Gasteiger partial charge in [-0.05, 0) is 44.9 Å². The Kier molecular flexibility index (Phi) is 5.26. The van der Waals surface area contributed by atoms with Crippen LogP contribution in [0.4, 0.5) is 0 Å². The number of amides is 1. The number of carbonyl (C=O) groups is 1. The van der Waals surface area contributed by atoms with E-state index in [0.29, 0.717) is 26.1 Å². The second-order valence-corrected chi connectivity index (χ2v) is 6.35. The van der Waals surface area contributed by atoms with Gasteiger partial charge in [-0.15, -0.1) is 0 Å². The Morgan fingerprint density at radius 2 is 2.00 bits per heavy atom. The molecule has 1 aliphatic heterocycles. The van der Waals surface area contributed by atoms with Crippen LogP contribution in [0.15, 0.2) is 22.7 Å². The molecule has 25 heavy (non-hydrogen) atoms. The van der Waals surface area contributed by atoms with E-state index in [1.54, 1.807) is 0 Å². The molecule has 1 amide bonds. The average Bonchev–Trinajstić information content (AvgIpc) is 2.79. The van der Waals surface area contributed by atoms with Crippen LogP contribution in [0.1, 0.15) is 48.4 Å². The quantitative estimate of drug-likeness (QED) is 0.901. The lowest BCUT2D eigenvalue weighted by Crippen LogP contribution is -2.26. The Bertz CT molecular complexity index is 734. The van der Waals surface area contributed by atoms with Crippen LogP contribution in [0, 0.1) is 13.8 Å². The van der Waals surface area contributed by atoms with E-state index in [2.05, 4.69) is 10.5 Å². The number of benzene rings is 1. The fourth-order valence-corrected chi connectivity index (χ4v) is 2.94. The van der Waals surface area contributed by atoms with Crippen molar-refractivity contribution in [3.8, 4) is 11.5 Å². The molecule has 3 rings (SSSR count). The number of nitrogens with one attached hydrogen (secondary N) is 1. The molecule has 0 fully saturated rings. The third-order valence-corrected chi connectivity index (χ3v) is 4.43. The summed E-state index contributed by atoms with van der Waals surface area (Å²) in [4.78, 5) is 12.3. The van der Waals surface area contributed by atoms with Crippen LogP contribution in [0.25, 0.3) is 0 Å². The van der Waals surface area contributed by atoms with E-state index in [1.807, 2.05) is 39.0 Å². The number of aromatic nitrogens is 1. The molecule has 2 heterocycles. The lowest BCUT2D eigenvalue weighted by Gasteiger charge is -2.16. The van der Waals surface area contributed by atoms with E-state index in [-0.39, 0.29) is 11.9 Å². The first-order valence-corrected chi connectivity index (χ1v) is 8.65. The van der Waals surface area contributed by atoms with E-state index in [4.69, 9.17) is 14.0 Å². The van der Waals surface area contributed by atoms with Gasteiger partial charge in [0.2, 0.25) is 5.91 Å². The summed E-state index contributed by atoms with van der Waals surface area (Å²) < 4.78 is 16.5. The normalized spacial score (nSPS) is 14.7. The van der Waals surface area contributed by atoms with E-state index >= 15 is 0 Å². The van der Waals surface area contributed by atoms with Crippen LogP contribution in [0.5, 0.6) is 11.5 Å². The molecule has 1 aromatic heterocycles. The molecule has 0 saturated carbocycles. The standard InChI is InChI=1S/C19H24N2O4/c1-12(15-5-7-17-18(11-15)24-10-4-9-23-17)20-19(22)8-6-16-13(2)21-25-14(16)3/h5,7,11-12H,4,6,8-10H2,1-3H3,(H,20,22)/t12-/m1/s1. The van der Waals surface area contributed by atoms with Gasteiger partial charge in [0, 0.05) is 18.4 Å². The topological polar surface area (TPSA) is 73.6 Å². The molecule has 0 aliphatic carbocycles. The predicted molar refractivity (Wildman–Crippen MR) is 92.9 cm³/mol. The number of aryl methyl sites for hydroxylation is 2. The minimum absolute atomic E-state index is 0.000360. The van der Waals surface area contributed by atoms with Crippen molar-refractivity contribution in [2.45, 2.75) is 46.1 Å². The highest BCUT2D eigenvalue weighted by atomic mass is 16.5. The van der Waals surface area contributed by atoms with Crippen LogP contribution in [0.2, 0.25) is 0 Å². The third-order valence-electron chi connectivity index (χ3n) is 4.43. The molecule has 0 radical (unpaired) electrons. The molecule has 1 atom stereocenters. The Morgan fingerprint density at radius 1 is 1.24 bits per heavy atom. The fourth-order valence-electron chi connectivity index (χ4n) is 2.94. The molecule has 0 bridgehead atoms. The van der Waals surface area contributed by atoms with Crippen LogP contribution in [-0.4, -0.2) is 24.3 Å². The van der Waals surface area contributed by atoms with Crippen LogP contribution >= 0.6 is 0 Å². The zero-order valence-electron chi connectivity index (χ0n) is 14.9. The van der Waals surface area contributed by atoms with Crippen molar-refractivity contribution in [1.82, 2.24) is 10.5 Å². The Hall–Kier alpha value is -2.50. The number of nitrogens with zero attached hydrogens (tertiary/aromatic N) is 1. The van der Waals surface area contributed by atoms with Crippen molar-refractivity contribution < 1.29 is 18.8 Å². The zero-order valence-corrected chi connectivity index (χ0v) is 14.9. The average molecular weight is 344 g/mol. The number of rotatable bonds is 5. The maximum Gasteiger partial charge on any atom is 0.220 e. The van der Waals surface area contributed by atoms with E-state index in [9.17, 15) is 4.79 Å². The summed E-state index contributed by atoms with van der Waals surface area (Å²) >= 11 is 0. The van der Waals surface area contributed by atoms with Gasteiger partial charge in [0.1, 0.15) is 5.76 Å². The molecular formula is C19H24N2O4. The Labute approximate surface area is 147 Å². The van der Waals surface area contributed by atoms with Crippen molar-refractivity contribution in [2.24, 2.45) is 0 Å². The summed E-state index contributed by atoms with van der Waals surface area (Å²) in [6, 6.07) is 5.71. The van der Waals surface area contributed by atoms with Gasteiger partial charge < -0.3 is 19.3 Å². The zero-order chi connectivity index (χ0) is 17.8. The Balaban J connectivity index is 1.59. The van der Waals surface area contributed by atoms with Gasteiger partial charge in [0.05, 0.1) is 24.9 Å². The molecule has 0 saturated heterocycles. The lowest BCUT2D eigenvalue weighted by molar-refractivity contribution is -0.121. The predicted octanol–water partition coefficient (Wildman–Crippen LogP) is 3.26. The van der Waals surface area contributed by atoms with Crippen molar-refractivity contribution in [3.63, 3.8) is 0 Å². The summed E-state index contributed by atoms with van der Waals surface area (Å²) in [6.45, 7) is 7.04. The first-order chi connectivity index (χ1) is 12.0. The van der Waals surface area contributed by atoms with Gasteiger partial charge in [-0.25, -0.2) is 0 Å².